The van der Waals surface area contributed by atoms with Crippen LogP contribution in [0.3, 0.4) is 0 Å². The zero-order chi connectivity index (χ0) is 17.3. The first-order valence-electron chi connectivity index (χ1n) is 7.72. The summed E-state index contributed by atoms with van der Waals surface area (Å²) in [6.07, 6.45) is -2.18. The zero-order valence-electron chi connectivity index (χ0n) is 13.4. The molecule has 1 saturated heterocycles. The summed E-state index contributed by atoms with van der Waals surface area (Å²) in [6.45, 7) is 5.53. The van der Waals surface area contributed by atoms with E-state index in [0.717, 1.165) is 37.2 Å². The minimum absolute atomic E-state index is 0.0783. The van der Waals surface area contributed by atoms with Gasteiger partial charge in [0.1, 0.15) is 11.6 Å². The van der Waals surface area contributed by atoms with Crippen molar-refractivity contribution in [3.8, 4) is 0 Å². The second kappa shape index (κ2) is 6.35. The average Bonchev–Trinajstić information content (AvgIpc) is 2.44. The number of nitrogens with zero attached hydrogens (tertiary/aromatic N) is 3. The number of alkyl halides is 3. The van der Waals surface area contributed by atoms with Crippen LogP contribution < -0.4 is 10.6 Å². The molecule has 3 rings (SSSR count). The molecule has 3 heterocycles. The molecule has 0 radical (unpaired) electrons. The van der Waals surface area contributed by atoms with Gasteiger partial charge < -0.3 is 10.6 Å². The van der Waals surface area contributed by atoms with E-state index in [4.69, 9.17) is 0 Å². The van der Waals surface area contributed by atoms with E-state index < -0.39 is 11.7 Å². The largest absolute Gasteiger partial charge is 0.418 e. The number of hydrogen-bond donors (Lipinski definition) is 2. The van der Waals surface area contributed by atoms with Crippen LogP contribution in [0.5, 0.6) is 0 Å². The van der Waals surface area contributed by atoms with Gasteiger partial charge in [-0.1, -0.05) is 13.8 Å². The summed E-state index contributed by atoms with van der Waals surface area (Å²) >= 11 is 0. The Hall–Kier alpha value is -2.22. The number of rotatable bonds is 4. The first-order valence-corrected chi connectivity index (χ1v) is 7.72. The monoisotopic (exact) mass is 337 g/mol. The third-order valence-corrected chi connectivity index (χ3v) is 3.87. The van der Waals surface area contributed by atoms with Crippen molar-refractivity contribution in [2.45, 2.75) is 31.9 Å². The molecule has 128 valence electrons. The van der Waals surface area contributed by atoms with Crippen LogP contribution >= 0.6 is 0 Å². The number of halogens is 3. The van der Waals surface area contributed by atoms with E-state index >= 15 is 0 Å². The fourth-order valence-corrected chi connectivity index (χ4v) is 2.39. The minimum Gasteiger partial charge on any atom is -0.338 e. The highest BCUT2D eigenvalue weighted by Crippen LogP contribution is 2.35. The first kappa shape index (κ1) is 16.6. The molecule has 5 nitrogen and oxygen atoms in total. The lowest BCUT2D eigenvalue weighted by molar-refractivity contribution is -0.137. The quantitative estimate of drug-likeness (QED) is 0.895. The smallest absolute Gasteiger partial charge is 0.338 e. The number of nitrogens with one attached hydrogen (secondary N) is 2. The van der Waals surface area contributed by atoms with E-state index in [0.29, 0.717) is 11.6 Å². The highest BCUT2D eigenvalue weighted by atomic mass is 19.4. The highest BCUT2D eigenvalue weighted by molar-refractivity contribution is 5.60. The molecule has 2 aromatic rings. The summed E-state index contributed by atoms with van der Waals surface area (Å²) in [5.74, 6) is 1.31. The predicted molar refractivity (Wildman–Crippen MR) is 84.3 cm³/mol. The van der Waals surface area contributed by atoms with Crippen molar-refractivity contribution in [3.63, 3.8) is 0 Å². The van der Waals surface area contributed by atoms with Gasteiger partial charge in [-0.3, -0.25) is 4.98 Å². The lowest BCUT2D eigenvalue weighted by Crippen LogP contribution is -2.40. The van der Waals surface area contributed by atoms with Gasteiger partial charge in [0.05, 0.1) is 23.1 Å². The van der Waals surface area contributed by atoms with Crippen molar-refractivity contribution in [2.24, 2.45) is 0 Å². The van der Waals surface area contributed by atoms with Crippen molar-refractivity contribution < 1.29 is 13.2 Å². The van der Waals surface area contributed by atoms with Crippen LogP contribution in [0.25, 0.3) is 0 Å². The maximum Gasteiger partial charge on any atom is 0.418 e. The van der Waals surface area contributed by atoms with Crippen LogP contribution in [0.1, 0.15) is 42.8 Å². The topological polar surface area (TPSA) is 62.7 Å². The maximum absolute atomic E-state index is 13.1. The molecule has 0 amide bonds. The van der Waals surface area contributed by atoms with Gasteiger partial charge in [0, 0.05) is 37.2 Å². The molecule has 0 unspecified atom stereocenters. The van der Waals surface area contributed by atoms with Gasteiger partial charge >= 0.3 is 6.18 Å². The van der Waals surface area contributed by atoms with Crippen LogP contribution in [0.15, 0.2) is 24.5 Å². The normalized spacial score (nSPS) is 15.4. The summed E-state index contributed by atoms with van der Waals surface area (Å²) in [5.41, 5.74) is -0.0439. The molecule has 2 N–H and O–H groups in total. The molecule has 2 aromatic heterocycles. The molecule has 1 aliphatic heterocycles. The Morgan fingerprint density at radius 2 is 2.00 bits per heavy atom. The summed E-state index contributed by atoms with van der Waals surface area (Å²) in [7, 11) is 0. The van der Waals surface area contributed by atoms with Gasteiger partial charge in [-0.25, -0.2) is 9.97 Å². The van der Waals surface area contributed by atoms with E-state index in [2.05, 4.69) is 25.6 Å². The van der Waals surface area contributed by atoms with Crippen molar-refractivity contribution in [1.82, 2.24) is 20.3 Å². The Kier molecular flexibility index (Phi) is 4.40. The second-order valence-electron chi connectivity index (χ2n) is 6.09. The Morgan fingerprint density at radius 1 is 1.25 bits per heavy atom. The fraction of sp³-hybridized carbons (Fsp3) is 0.438. The Balaban J connectivity index is 1.97. The van der Waals surface area contributed by atoms with E-state index in [-0.39, 0.29) is 17.5 Å². The fourth-order valence-electron chi connectivity index (χ4n) is 2.39. The molecule has 0 saturated carbocycles. The van der Waals surface area contributed by atoms with Crippen molar-refractivity contribution in [2.75, 3.05) is 18.4 Å². The third-order valence-electron chi connectivity index (χ3n) is 3.87. The molecular weight excluding hydrogens is 319 g/mol. The summed E-state index contributed by atoms with van der Waals surface area (Å²) in [5, 5.41) is 5.93. The van der Waals surface area contributed by atoms with E-state index in [1.165, 1.54) is 0 Å². The van der Waals surface area contributed by atoms with Gasteiger partial charge in [-0.2, -0.15) is 13.2 Å². The summed E-state index contributed by atoms with van der Waals surface area (Å²) in [4.78, 5) is 12.7. The van der Waals surface area contributed by atoms with Crippen LogP contribution in [-0.2, 0) is 6.18 Å². The lowest BCUT2D eigenvalue weighted by atomic mass is 9.98. The summed E-state index contributed by atoms with van der Waals surface area (Å²) < 4.78 is 39.4. The van der Waals surface area contributed by atoms with Crippen molar-refractivity contribution in [1.29, 1.82) is 0 Å². The molecule has 1 fully saturated rings. The molecule has 0 bridgehead atoms. The molecule has 24 heavy (non-hydrogen) atoms. The number of pyridine rings is 1. The Bertz CT molecular complexity index is 726. The second-order valence-corrected chi connectivity index (χ2v) is 6.09. The lowest BCUT2D eigenvalue weighted by Gasteiger charge is -2.27. The Labute approximate surface area is 137 Å². The van der Waals surface area contributed by atoms with E-state index in [1.54, 1.807) is 6.07 Å². The van der Waals surface area contributed by atoms with E-state index in [9.17, 15) is 13.2 Å². The number of hydrogen-bond acceptors (Lipinski definition) is 5. The van der Waals surface area contributed by atoms with Crippen LogP contribution in [-0.4, -0.2) is 28.0 Å². The zero-order valence-corrected chi connectivity index (χ0v) is 13.4. The molecule has 0 aliphatic carbocycles. The number of anilines is 2. The van der Waals surface area contributed by atoms with Gasteiger partial charge in [0.2, 0.25) is 0 Å². The van der Waals surface area contributed by atoms with Crippen LogP contribution in [0.2, 0.25) is 0 Å². The molecule has 8 heteroatoms. The molecular formula is C16H18F3N5. The van der Waals surface area contributed by atoms with Gasteiger partial charge in [0.25, 0.3) is 0 Å². The van der Waals surface area contributed by atoms with Crippen LogP contribution in [0.4, 0.5) is 24.7 Å². The minimum atomic E-state index is -4.46. The molecule has 1 aliphatic rings. The Morgan fingerprint density at radius 3 is 2.58 bits per heavy atom. The highest BCUT2D eigenvalue weighted by Gasteiger charge is 2.33. The first-order chi connectivity index (χ1) is 11.3. The van der Waals surface area contributed by atoms with Crippen molar-refractivity contribution >= 4 is 11.5 Å². The standard InChI is InChI=1S/C16H18F3N5/c1-9(2)15-23-12(10-6-21-7-10)5-14(24-15)22-13-8-20-4-3-11(13)16(17,18)19/h3-5,8-10,21H,6-7H2,1-2H3,(H,22,23,24). The molecule has 0 aromatic carbocycles. The average molecular weight is 337 g/mol. The van der Waals surface area contributed by atoms with Crippen molar-refractivity contribution in [3.05, 3.63) is 41.6 Å². The third kappa shape index (κ3) is 3.48. The van der Waals surface area contributed by atoms with Gasteiger partial charge in [-0.15, -0.1) is 0 Å². The molecule has 0 atom stereocenters. The number of aromatic nitrogens is 3. The maximum atomic E-state index is 13.1. The predicted octanol–water partition coefficient (Wildman–Crippen LogP) is 3.44. The van der Waals surface area contributed by atoms with Gasteiger partial charge in [0.15, 0.2) is 0 Å². The van der Waals surface area contributed by atoms with Crippen LogP contribution in [0, 0.1) is 0 Å². The molecule has 0 spiro atoms. The van der Waals surface area contributed by atoms with Gasteiger partial charge in [-0.05, 0) is 6.07 Å². The SMILES string of the molecule is CC(C)c1nc(Nc2cnccc2C(F)(F)F)cc(C2CNC2)n1. The summed E-state index contributed by atoms with van der Waals surface area (Å²) in [6, 6.07) is 2.66. The van der Waals surface area contributed by atoms with E-state index in [1.807, 2.05) is 13.8 Å².